The fraction of sp³-hybridized carbons (Fsp3) is 0.350. The van der Waals surface area contributed by atoms with E-state index < -0.39 is 9.84 Å². The van der Waals surface area contributed by atoms with E-state index in [1.54, 1.807) is 43.0 Å². The molecular weight excluding hydrogens is 396 g/mol. The highest BCUT2D eigenvalue weighted by Gasteiger charge is 2.11. The molecule has 0 aliphatic heterocycles. The van der Waals surface area contributed by atoms with Gasteiger partial charge in [-0.15, -0.1) is 11.8 Å². The third-order valence-corrected chi connectivity index (χ3v) is 5.74. The SMILES string of the molecule is COc1cc(CN(C)C(=O)NCc2ccc(CS(C)(=O)=O)cc2)ccc1SC. The van der Waals surface area contributed by atoms with Crippen molar-refractivity contribution in [1.29, 1.82) is 0 Å². The maximum Gasteiger partial charge on any atom is 0.317 e. The molecule has 2 aromatic carbocycles. The summed E-state index contributed by atoms with van der Waals surface area (Å²) in [6.07, 6.45) is 3.20. The Hall–Kier alpha value is -2.19. The largest absolute Gasteiger partial charge is 0.496 e. The zero-order chi connectivity index (χ0) is 20.7. The molecule has 0 bridgehead atoms. The van der Waals surface area contributed by atoms with Crippen LogP contribution in [0.2, 0.25) is 0 Å². The highest BCUT2D eigenvalue weighted by molar-refractivity contribution is 7.98. The van der Waals surface area contributed by atoms with Crippen LogP contribution in [0, 0.1) is 0 Å². The van der Waals surface area contributed by atoms with Crippen LogP contribution in [0.1, 0.15) is 16.7 Å². The van der Waals surface area contributed by atoms with E-state index in [0.29, 0.717) is 13.1 Å². The Balaban J connectivity index is 1.90. The molecule has 6 nitrogen and oxygen atoms in total. The van der Waals surface area contributed by atoms with E-state index in [1.807, 2.05) is 36.6 Å². The van der Waals surface area contributed by atoms with Gasteiger partial charge in [0.2, 0.25) is 0 Å². The van der Waals surface area contributed by atoms with Crippen LogP contribution >= 0.6 is 11.8 Å². The van der Waals surface area contributed by atoms with E-state index >= 15 is 0 Å². The highest BCUT2D eigenvalue weighted by atomic mass is 32.2. The molecule has 0 heterocycles. The van der Waals surface area contributed by atoms with E-state index in [-0.39, 0.29) is 11.8 Å². The lowest BCUT2D eigenvalue weighted by atomic mass is 10.1. The summed E-state index contributed by atoms with van der Waals surface area (Å²) in [7, 11) is 0.318. The smallest absolute Gasteiger partial charge is 0.317 e. The number of carbonyl (C=O) groups is 1. The van der Waals surface area contributed by atoms with Gasteiger partial charge in [0.1, 0.15) is 5.75 Å². The molecule has 0 unspecified atom stereocenters. The molecule has 1 N–H and O–H groups in total. The number of rotatable bonds is 8. The maximum absolute atomic E-state index is 12.4. The number of carbonyl (C=O) groups excluding carboxylic acids is 1. The first kappa shape index (κ1) is 22.1. The van der Waals surface area contributed by atoms with Crippen LogP contribution in [-0.2, 0) is 28.7 Å². The minimum absolute atomic E-state index is 0.0150. The summed E-state index contributed by atoms with van der Waals surface area (Å²) in [5.41, 5.74) is 2.62. The molecule has 0 radical (unpaired) electrons. The van der Waals surface area contributed by atoms with Gasteiger partial charge in [0.05, 0.1) is 12.9 Å². The van der Waals surface area contributed by atoms with Crippen LogP contribution in [0.25, 0.3) is 0 Å². The van der Waals surface area contributed by atoms with Crippen molar-refractivity contribution in [3.63, 3.8) is 0 Å². The number of thioether (sulfide) groups is 1. The number of ether oxygens (including phenoxy) is 1. The Labute approximate surface area is 171 Å². The van der Waals surface area contributed by atoms with Gasteiger partial charge in [-0.1, -0.05) is 30.3 Å². The molecule has 2 amide bonds. The van der Waals surface area contributed by atoms with Crippen molar-refractivity contribution in [2.24, 2.45) is 0 Å². The number of amides is 2. The van der Waals surface area contributed by atoms with Gasteiger partial charge in [-0.2, -0.15) is 0 Å². The standard InChI is InChI=1S/C20H26N2O4S2/c1-22(13-17-9-10-19(27-3)18(11-17)26-2)20(23)21-12-15-5-7-16(8-6-15)14-28(4,24)25/h5-11H,12-14H2,1-4H3,(H,21,23). The van der Waals surface area contributed by atoms with Crippen molar-refractivity contribution in [2.75, 3.05) is 26.7 Å². The van der Waals surface area contributed by atoms with Gasteiger partial charge in [0.25, 0.3) is 0 Å². The van der Waals surface area contributed by atoms with Gasteiger partial charge in [-0.25, -0.2) is 13.2 Å². The van der Waals surface area contributed by atoms with Crippen molar-refractivity contribution in [3.8, 4) is 5.75 Å². The maximum atomic E-state index is 12.4. The second-order valence-corrected chi connectivity index (χ2v) is 9.58. The molecule has 2 aromatic rings. The number of methoxy groups -OCH3 is 1. The fourth-order valence-electron chi connectivity index (χ4n) is 2.69. The summed E-state index contributed by atoms with van der Waals surface area (Å²) in [6, 6.07) is 12.9. The molecule has 28 heavy (non-hydrogen) atoms. The van der Waals surface area contributed by atoms with Crippen LogP contribution in [0.5, 0.6) is 5.75 Å². The van der Waals surface area contributed by atoms with Crippen molar-refractivity contribution in [2.45, 2.75) is 23.7 Å². The Morgan fingerprint density at radius 1 is 1.11 bits per heavy atom. The third kappa shape index (κ3) is 6.76. The molecule has 0 atom stereocenters. The molecule has 0 saturated carbocycles. The lowest BCUT2D eigenvalue weighted by Crippen LogP contribution is -2.36. The predicted octanol–water partition coefficient (Wildman–Crippen LogP) is 3.30. The number of nitrogens with one attached hydrogen (secondary N) is 1. The van der Waals surface area contributed by atoms with Crippen LogP contribution < -0.4 is 10.1 Å². The van der Waals surface area contributed by atoms with E-state index in [2.05, 4.69) is 5.32 Å². The van der Waals surface area contributed by atoms with E-state index in [0.717, 1.165) is 27.3 Å². The monoisotopic (exact) mass is 422 g/mol. The summed E-state index contributed by atoms with van der Waals surface area (Å²) in [5.74, 6) is 0.814. The van der Waals surface area contributed by atoms with Crippen LogP contribution in [-0.4, -0.2) is 46.0 Å². The first-order valence-corrected chi connectivity index (χ1v) is 12.0. The second-order valence-electron chi connectivity index (χ2n) is 6.59. The number of benzene rings is 2. The van der Waals surface area contributed by atoms with Crippen molar-refractivity contribution >= 4 is 27.6 Å². The molecule has 152 valence electrons. The average Bonchev–Trinajstić information content (AvgIpc) is 2.65. The fourth-order valence-corrected chi connectivity index (χ4v) is 4.04. The summed E-state index contributed by atoms with van der Waals surface area (Å²) in [4.78, 5) is 15.0. The molecule has 0 aliphatic rings. The van der Waals surface area contributed by atoms with Gasteiger partial charge < -0.3 is 15.0 Å². The first-order valence-electron chi connectivity index (χ1n) is 8.67. The molecular formula is C20H26N2O4S2. The van der Waals surface area contributed by atoms with Crippen molar-refractivity contribution in [3.05, 3.63) is 59.2 Å². The number of nitrogens with zero attached hydrogens (tertiary/aromatic N) is 1. The molecule has 8 heteroatoms. The highest BCUT2D eigenvalue weighted by Crippen LogP contribution is 2.28. The molecule has 0 aliphatic carbocycles. The summed E-state index contributed by atoms with van der Waals surface area (Å²) >= 11 is 1.61. The molecule has 0 aromatic heterocycles. The minimum Gasteiger partial charge on any atom is -0.496 e. The Morgan fingerprint density at radius 2 is 1.71 bits per heavy atom. The summed E-state index contributed by atoms with van der Waals surface area (Å²) < 4.78 is 28.0. The number of sulfone groups is 1. The average molecular weight is 423 g/mol. The van der Waals surface area contributed by atoms with E-state index in [9.17, 15) is 13.2 Å². The Bertz CT molecular complexity index is 912. The lowest BCUT2D eigenvalue weighted by Gasteiger charge is -2.19. The molecule has 0 spiro atoms. The van der Waals surface area contributed by atoms with Crippen molar-refractivity contribution < 1.29 is 17.9 Å². The minimum atomic E-state index is -3.05. The van der Waals surface area contributed by atoms with E-state index in [1.165, 1.54) is 6.26 Å². The topological polar surface area (TPSA) is 75.7 Å². The Morgan fingerprint density at radius 3 is 2.29 bits per heavy atom. The quantitative estimate of drug-likeness (QED) is 0.661. The van der Waals surface area contributed by atoms with E-state index in [4.69, 9.17) is 4.74 Å². The second kappa shape index (κ2) is 9.84. The van der Waals surface area contributed by atoms with Gasteiger partial charge in [-0.05, 0) is 35.1 Å². The van der Waals surface area contributed by atoms with Gasteiger partial charge >= 0.3 is 6.03 Å². The predicted molar refractivity (Wildman–Crippen MR) is 113 cm³/mol. The molecule has 0 fully saturated rings. The number of hydrogen-bond donors (Lipinski definition) is 1. The van der Waals surface area contributed by atoms with Crippen LogP contribution in [0.4, 0.5) is 4.79 Å². The van der Waals surface area contributed by atoms with Gasteiger partial charge in [0.15, 0.2) is 9.84 Å². The zero-order valence-electron chi connectivity index (χ0n) is 16.6. The zero-order valence-corrected chi connectivity index (χ0v) is 18.2. The lowest BCUT2D eigenvalue weighted by molar-refractivity contribution is 0.206. The Kier molecular flexibility index (Phi) is 7.77. The number of hydrogen-bond acceptors (Lipinski definition) is 5. The first-order chi connectivity index (χ1) is 13.2. The van der Waals surface area contributed by atoms with Crippen LogP contribution in [0.3, 0.4) is 0 Å². The van der Waals surface area contributed by atoms with Crippen LogP contribution in [0.15, 0.2) is 47.4 Å². The normalized spacial score (nSPS) is 11.1. The third-order valence-electron chi connectivity index (χ3n) is 4.11. The molecule has 0 saturated heterocycles. The van der Waals surface area contributed by atoms with Crippen molar-refractivity contribution in [1.82, 2.24) is 10.2 Å². The van der Waals surface area contributed by atoms with Gasteiger partial charge in [-0.3, -0.25) is 0 Å². The summed E-state index contributed by atoms with van der Waals surface area (Å²) in [6.45, 7) is 0.835. The van der Waals surface area contributed by atoms with Gasteiger partial charge in [0, 0.05) is 31.3 Å². The molecule has 2 rings (SSSR count). The number of urea groups is 1. The summed E-state index contributed by atoms with van der Waals surface area (Å²) in [5, 5.41) is 2.87.